The Morgan fingerprint density at radius 1 is 0.408 bits per heavy atom. The van der Waals surface area contributed by atoms with Crippen molar-refractivity contribution in [3.8, 4) is 0 Å². The number of hydrogen-bond donors (Lipinski definition) is 0. The molecule has 0 N–H and O–H groups in total. The molecule has 0 aromatic heterocycles. The van der Waals surface area contributed by atoms with Crippen molar-refractivity contribution in [2.24, 2.45) is 0 Å². The van der Waals surface area contributed by atoms with Crippen LogP contribution in [0, 0.1) is 0 Å². The highest BCUT2D eigenvalue weighted by molar-refractivity contribution is 7.45. The summed E-state index contributed by atoms with van der Waals surface area (Å²) in [7, 11) is 1.13. The smallest absolute Gasteiger partial charge is 0.306 e. The van der Waals surface area contributed by atoms with Crippen molar-refractivity contribution in [1.82, 2.24) is 0 Å². The molecule has 0 bridgehead atoms. The second kappa shape index (κ2) is 56.1. The number of carbonyl (C=O) groups excluding carboxylic acids is 2. The molecule has 10 heteroatoms. The van der Waals surface area contributed by atoms with E-state index in [-0.39, 0.29) is 26.1 Å². The first-order valence-corrected chi connectivity index (χ1v) is 31.7. The predicted octanol–water partition coefficient (Wildman–Crippen LogP) is 18.5. The fourth-order valence-corrected chi connectivity index (χ4v) is 8.61. The van der Waals surface area contributed by atoms with E-state index in [4.69, 9.17) is 18.5 Å². The third-order valence-corrected chi connectivity index (χ3v) is 13.4. The van der Waals surface area contributed by atoms with Crippen LogP contribution in [0.2, 0.25) is 0 Å². The Morgan fingerprint density at radius 2 is 0.711 bits per heavy atom. The molecule has 0 aliphatic heterocycles. The van der Waals surface area contributed by atoms with Crippen molar-refractivity contribution in [1.29, 1.82) is 0 Å². The van der Waals surface area contributed by atoms with Gasteiger partial charge in [-0.05, 0) is 103 Å². The van der Waals surface area contributed by atoms with Crippen LogP contribution in [0.5, 0.6) is 0 Å². The van der Waals surface area contributed by atoms with Gasteiger partial charge in [0.15, 0.2) is 6.10 Å². The van der Waals surface area contributed by atoms with Gasteiger partial charge in [0.2, 0.25) is 0 Å². The lowest BCUT2D eigenvalue weighted by Crippen LogP contribution is -2.37. The molecule has 0 radical (unpaired) electrons. The summed E-state index contributed by atoms with van der Waals surface area (Å²) in [6.45, 7) is 3.98. The number of carbonyl (C=O) groups is 2. The molecule has 0 aromatic rings. The zero-order valence-electron chi connectivity index (χ0n) is 49.2. The average Bonchev–Trinajstić information content (AvgIpc) is 3.38. The molecule has 0 rings (SSSR count). The molecule has 434 valence electrons. The minimum atomic E-state index is -4.65. The molecule has 2 unspecified atom stereocenters. The summed E-state index contributed by atoms with van der Waals surface area (Å²) in [5.74, 6) is -0.866. The molecule has 0 heterocycles. The standard InChI is InChI=1S/C66H112NO8P/c1-6-8-10-12-14-16-18-20-22-24-26-28-30-31-32-33-34-35-37-38-40-42-44-46-48-50-52-54-56-58-65(68)72-62-64(63-74-76(70,71)73-61-60-67(3,4)5)75-66(69)59-57-55-53-51-49-47-45-43-41-39-36-29-27-25-23-21-19-17-15-13-11-9-7-2/h8-11,14-17,20-23,26-29,39,41,45,47,64H,6-7,12-13,18-19,24-25,30-38,40,42-44,46,48-63H2,1-5H3/b10-8-,11-9-,16-14-,17-15-,22-20-,23-21-,28-26-,29-27-,41-39-,47-45-. The lowest BCUT2D eigenvalue weighted by atomic mass is 10.0. The lowest BCUT2D eigenvalue weighted by Gasteiger charge is -2.28. The van der Waals surface area contributed by atoms with E-state index in [9.17, 15) is 19.0 Å². The van der Waals surface area contributed by atoms with E-state index in [1.54, 1.807) is 0 Å². The van der Waals surface area contributed by atoms with Gasteiger partial charge in [0, 0.05) is 12.8 Å². The molecule has 0 saturated carbocycles. The maximum atomic E-state index is 12.8. The van der Waals surface area contributed by atoms with Crippen molar-refractivity contribution in [3.05, 3.63) is 122 Å². The molecule has 9 nitrogen and oxygen atoms in total. The van der Waals surface area contributed by atoms with E-state index >= 15 is 0 Å². The van der Waals surface area contributed by atoms with Gasteiger partial charge in [-0.3, -0.25) is 14.2 Å². The lowest BCUT2D eigenvalue weighted by molar-refractivity contribution is -0.870. The molecule has 0 spiro atoms. The first-order valence-electron chi connectivity index (χ1n) is 30.2. The van der Waals surface area contributed by atoms with E-state index in [0.717, 1.165) is 109 Å². The molecule has 0 aliphatic rings. The first kappa shape index (κ1) is 72.4. The van der Waals surface area contributed by atoms with Crippen molar-refractivity contribution in [2.45, 2.75) is 238 Å². The molecule has 2 atom stereocenters. The number of unbranched alkanes of at least 4 members (excludes halogenated alkanes) is 20. The Morgan fingerprint density at radius 3 is 1.05 bits per heavy atom. The maximum Gasteiger partial charge on any atom is 0.306 e. The zero-order valence-corrected chi connectivity index (χ0v) is 50.0. The number of allylic oxidation sites excluding steroid dienone is 20. The first-order chi connectivity index (χ1) is 37.0. The normalized spacial score (nSPS) is 14.1. The van der Waals surface area contributed by atoms with Gasteiger partial charge in [0.25, 0.3) is 7.82 Å². The second-order valence-corrected chi connectivity index (χ2v) is 22.4. The Hall–Kier alpha value is -3.59. The predicted molar refractivity (Wildman–Crippen MR) is 323 cm³/mol. The minimum Gasteiger partial charge on any atom is -0.756 e. The van der Waals surface area contributed by atoms with Gasteiger partial charge in [-0.15, -0.1) is 0 Å². The number of likely N-dealkylation sites (N-methyl/N-ethyl adjacent to an activating group) is 1. The van der Waals surface area contributed by atoms with E-state index in [2.05, 4.69) is 135 Å². The fraction of sp³-hybridized carbons (Fsp3) is 0.667. The summed E-state index contributed by atoms with van der Waals surface area (Å²) in [4.78, 5) is 37.9. The van der Waals surface area contributed by atoms with Crippen LogP contribution < -0.4 is 4.89 Å². The topological polar surface area (TPSA) is 111 Å². The van der Waals surface area contributed by atoms with Crippen LogP contribution in [-0.4, -0.2) is 70.0 Å². The fourth-order valence-electron chi connectivity index (χ4n) is 7.89. The van der Waals surface area contributed by atoms with Gasteiger partial charge in [0.05, 0.1) is 27.7 Å². The molecule has 0 saturated heterocycles. The maximum absolute atomic E-state index is 12.8. The van der Waals surface area contributed by atoms with Crippen LogP contribution >= 0.6 is 7.82 Å². The van der Waals surface area contributed by atoms with Crippen LogP contribution in [0.15, 0.2) is 122 Å². The van der Waals surface area contributed by atoms with Crippen LogP contribution in [0.1, 0.15) is 232 Å². The van der Waals surface area contributed by atoms with Gasteiger partial charge >= 0.3 is 11.9 Å². The summed E-state index contributed by atoms with van der Waals surface area (Å²) < 4.78 is 34.2. The van der Waals surface area contributed by atoms with Crippen molar-refractivity contribution >= 4 is 19.8 Å². The van der Waals surface area contributed by atoms with E-state index in [1.807, 2.05) is 21.1 Å². The monoisotopic (exact) mass is 1080 g/mol. The summed E-state index contributed by atoms with van der Waals surface area (Å²) >= 11 is 0. The Bertz CT molecular complexity index is 1700. The third-order valence-electron chi connectivity index (χ3n) is 12.5. The number of esters is 2. The summed E-state index contributed by atoms with van der Waals surface area (Å²) in [5.41, 5.74) is 0. The SMILES string of the molecule is CC/C=C\C/C=C\C/C=C\C/C=C\C/C=C\C/C=C\CCCCCCC(=O)OC(COC(=O)CCCCCCCCCCCCCCCCCC/C=C\C/C=C\C/C=C\C/C=C\CC)COP(=O)([O-])OCC[N+](C)(C)C. The largest absolute Gasteiger partial charge is 0.756 e. The Labute approximate surface area is 467 Å². The van der Waals surface area contributed by atoms with Gasteiger partial charge < -0.3 is 27.9 Å². The number of quaternary nitrogens is 1. The van der Waals surface area contributed by atoms with Crippen molar-refractivity contribution < 1.29 is 42.1 Å². The molecule has 0 amide bonds. The zero-order chi connectivity index (χ0) is 55.6. The number of ether oxygens (including phenoxy) is 2. The molecule has 76 heavy (non-hydrogen) atoms. The highest BCUT2D eigenvalue weighted by atomic mass is 31.2. The molecule has 0 aromatic carbocycles. The van der Waals surface area contributed by atoms with Crippen molar-refractivity contribution in [3.63, 3.8) is 0 Å². The van der Waals surface area contributed by atoms with Crippen molar-refractivity contribution in [2.75, 3.05) is 47.5 Å². The molecule has 0 aliphatic carbocycles. The van der Waals surface area contributed by atoms with Crippen LogP contribution in [0.25, 0.3) is 0 Å². The summed E-state index contributed by atoms with van der Waals surface area (Å²) in [6, 6.07) is 0. The quantitative estimate of drug-likeness (QED) is 0.0195. The van der Waals surface area contributed by atoms with E-state index in [0.29, 0.717) is 17.4 Å². The Kier molecular flexibility index (Phi) is 53.5. The molecular weight excluding hydrogens is 966 g/mol. The highest BCUT2D eigenvalue weighted by Gasteiger charge is 2.22. The van der Waals surface area contributed by atoms with Gasteiger partial charge in [-0.2, -0.15) is 0 Å². The third kappa shape index (κ3) is 59.7. The molecule has 0 fully saturated rings. The summed E-state index contributed by atoms with van der Waals surface area (Å²) in [6.07, 6.45) is 79.6. The van der Waals surface area contributed by atoms with Gasteiger partial charge in [-0.25, -0.2) is 0 Å². The Balaban J connectivity index is 4.18. The van der Waals surface area contributed by atoms with Crippen LogP contribution in [0.4, 0.5) is 0 Å². The summed E-state index contributed by atoms with van der Waals surface area (Å²) in [5, 5.41) is 0. The number of phosphoric ester groups is 1. The van der Waals surface area contributed by atoms with Crippen LogP contribution in [0.3, 0.4) is 0 Å². The molecular formula is C66H112NO8P. The van der Waals surface area contributed by atoms with Crippen LogP contribution in [-0.2, 0) is 32.7 Å². The van der Waals surface area contributed by atoms with Gasteiger partial charge in [0.1, 0.15) is 19.8 Å². The number of nitrogens with zero attached hydrogens (tertiary/aromatic N) is 1. The number of rotatable bonds is 54. The number of hydrogen-bond acceptors (Lipinski definition) is 8. The average molecular weight is 1080 g/mol. The minimum absolute atomic E-state index is 0.0420. The van der Waals surface area contributed by atoms with Gasteiger partial charge in [-0.1, -0.05) is 238 Å². The number of phosphoric acid groups is 1. The van der Waals surface area contributed by atoms with E-state index in [1.165, 1.54) is 89.9 Å². The van der Waals surface area contributed by atoms with E-state index < -0.39 is 32.5 Å². The highest BCUT2D eigenvalue weighted by Crippen LogP contribution is 2.38. The second-order valence-electron chi connectivity index (χ2n) is 20.9.